The van der Waals surface area contributed by atoms with E-state index in [0.29, 0.717) is 5.56 Å². The Morgan fingerprint density at radius 3 is 2.56 bits per heavy atom. The van der Waals surface area contributed by atoms with Crippen LogP contribution in [0.25, 0.3) is 0 Å². The van der Waals surface area contributed by atoms with Crippen molar-refractivity contribution in [3.63, 3.8) is 0 Å². The summed E-state index contributed by atoms with van der Waals surface area (Å²) in [5.74, 6) is -1.19. The summed E-state index contributed by atoms with van der Waals surface area (Å²) in [6.45, 7) is 4.95. The van der Waals surface area contributed by atoms with Crippen LogP contribution in [0.15, 0.2) is 30.5 Å². The minimum Gasteiger partial charge on any atom is -0.451 e. The fraction of sp³-hybridized carbons (Fsp3) is 0.316. The van der Waals surface area contributed by atoms with Crippen LogP contribution in [-0.2, 0) is 23.0 Å². The molecule has 0 aliphatic heterocycles. The van der Waals surface area contributed by atoms with Crippen LogP contribution in [0.1, 0.15) is 45.8 Å². The number of hydrogen-bond acceptors (Lipinski definition) is 4. The molecule has 0 unspecified atom stereocenters. The number of amides is 1. The molecule has 0 saturated heterocycles. The van der Waals surface area contributed by atoms with Gasteiger partial charge in [-0.25, -0.2) is 4.79 Å². The molecule has 0 spiro atoms. The quantitative estimate of drug-likeness (QED) is 0.647. The standard InChI is InChI=1S/C19H22N2O4/c1-5-14-8-6-7-12(2)18(14)20-17(23)11-25-19(24)16-9-15(13(3)22)10-21(16)4/h6-10H,5,11H2,1-4H3,(H,20,23). The number of aromatic nitrogens is 1. The Bertz CT molecular complexity index is 821. The lowest BCUT2D eigenvalue weighted by Crippen LogP contribution is -2.22. The second kappa shape index (κ2) is 7.79. The molecule has 6 heteroatoms. The molecule has 1 N–H and O–H groups in total. The second-order valence-corrected chi connectivity index (χ2v) is 5.87. The predicted octanol–water partition coefficient (Wildman–Crippen LogP) is 2.89. The average Bonchev–Trinajstić information content (AvgIpc) is 2.96. The number of Topliss-reactive ketones (excluding diaryl/α,β-unsaturated/α-hetero) is 1. The SMILES string of the molecule is CCc1cccc(C)c1NC(=O)COC(=O)c1cc(C(C)=O)cn1C. The Morgan fingerprint density at radius 2 is 1.96 bits per heavy atom. The van der Waals surface area contributed by atoms with Crippen molar-refractivity contribution in [3.05, 3.63) is 52.8 Å². The van der Waals surface area contributed by atoms with Crippen LogP contribution in [0.2, 0.25) is 0 Å². The Kier molecular flexibility index (Phi) is 5.75. The van der Waals surface area contributed by atoms with E-state index in [4.69, 9.17) is 4.74 Å². The second-order valence-electron chi connectivity index (χ2n) is 5.87. The van der Waals surface area contributed by atoms with E-state index in [1.807, 2.05) is 32.0 Å². The number of ether oxygens (including phenoxy) is 1. The van der Waals surface area contributed by atoms with Crippen LogP contribution in [0.3, 0.4) is 0 Å². The molecule has 132 valence electrons. The fourth-order valence-corrected chi connectivity index (χ4v) is 2.54. The maximum Gasteiger partial charge on any atom is 0.355 e. The van der Waals surface area contributed by atoms with Gasteiger partial charge in [-0.2, -0.15) is 0 Å². The van der Waals surface area contributed by atoms with E-state index >= 15 is 0 Å². The number of ketones is 1. The minimum absolute atomic E-state index is 0.140. The highest BCUT2D eigenvalue weighted by atomic mass is 16.5. The number of nitrogens with one attached hydrogen (secondary N) is 1. The first-order chi connectivity index (χ1) is 11.8. The lowest BCUT2D eigenvalue weighted by molar-refractivity contribution is -0.119. The molecular formula is C19H22N2O4. The molecule has 0 bridgehead atoms. The van der Waals surface area contributed by atoms with E-state index in [1.165, 1.54) is 17.6 Å². The number of anilines is 1. The number of carbonyl (C=O) groups excluding carboxylic acids is 3. The highest BCUT2D eigenvalue weighted by Gasteiger charge is 2.17. The van der Waals surface area contributed by atoms with Gasteiger partial charge in [0, 0.05) is 24.5 Å². The fourth-order valence-electron chi connectivity index (χ4n) is 2.54. The van der Waals surface area contributed by atoms with Crippen molar-refractivity contribution in [3.8, 4) is 0 Å². The summed E-state index contributed by atoms with van der Waals surface area (Å²) in [6.07, 6.45) is 2.34. The lowest BCUT2D eigenvalue weighted by Gasteiger charge is -2.13. The van der Waals surface area contributed by atoms with Gasteiger partial charge < -0.3 is 14.6 Å². The minimum atomic E-state index is -0.648. The van der Waals surface area contributed by atoms with E-state index in [0.717, 1.165) is 23.2 Å². The van der Waals surface area contributed by atoms with E-state index in [1.54, 1.807) is 13.2 Å². The number of rotatable bonds is 6. The number of para-hydroxylation sites is 1. The monoisotopic (exact) mass is 342 g/mol. The van der Waals surface area contributed by atoms with Gasteiger partial charge in [-0.1, -0.05) is 25.1 Å². The third-order valence-corrected chi connectivity index (χ3v) is 3.96. The van der Waals surface area contributed by atoms with E-state index in [-0.39, 0.29) is 11.5 Å². The van der Waals surface area contributed by atoms with Crippen molar-refractivity contribution in [2.24, 2.45) is 7.05 Å². The molecule has 0 aliphatic rings. The summed E-state index contributed by atoms with van der Waals surface area (Å²) in [5, 5.41) is 2.80. The normalized spacial score (nSPS) is 10.4. The number of nitrogens with zero attached hydrogens (tertiary/aromatic N) is 1. The molecule has 0 fully saturated rings. The molecule has 0 atom stereocenters. The summed E-state index contributed by atoms with van der Waals surface area (Å²) >= 11 is 0. The average molecular weight is 342 g/mol. The molecule has 1 aromatic heterocycles. The zero-order valence-electron chi connectivity index (χ0n) is 14.9. The zero-order valence-corrected chi connectivity index (χ0v) is 14.9. The number of aryl methyl sites for hydroxylation is 3. The van der Waals surface area contributed by atoms with Crippen LogP contribution in [0.4, 0.5) is 5.69 Å². The third-order valence-electron chi connectivity index (χ3n) is 3.96. The van der Waals surface area contributed by atoms with Crippen molar-refractivity contribution in [2.75, 3.05) is 11.9 Å². The van der Waals surface area contributed by atoms with Gasteiger partial charge in [-0.3, -0.25) is 9.59 Å². The van der Waals surface area contributed by atoms with Crippen LogP contribution < -0.4 is 5.32 Å². The molecule has 1 aromatic carbocycles. The topological polar surface area (TPSA) is 77.4 Å². The summed E-state index contributed by atoms with van der Waals surface area (Å²) in [5.41, 5.74) is 3.37. The Morgan fingerprint density at radius 1 is 1.24 bits per heavy atom. The summed E-state index contributed by atoms with van der Waals surface area (Å²) in [7, 11) is 1.64. The number of carbonyl (C=O) groups is 3. The Balaban J connectivity index is 2.01. The first-order valence-electron chi connectivity index (χ1n) is 8.06. The molecule has 2 rings (SSSR count). The predicted molar refractivity (Wildman–Crippen MR) is 94.9 cm³/mol. The molecule has 0 saturated carbocycles. The molecular weight excluding hydrogens is 320 g/mol. The number of esters is 1. The van der Waals surface area contributed by atoms with Crippen LogP contribution in [0, 0.1) is 6.92 Å². The van der Waals surface area contributed by atoms with Crippen LogP contribution >= 0.6 is 0 Å². The van der Waals surface area contributed by atoms with Gasteiger partial charge in [-0.05, 0) is 37.5 Å². The first-order valence-corrected chi connectivity index (χ1v) is 8.06. The summed E-state index contributed by atoms with van der Waals surface area (Å²) < 4.78 is 6.57. The van der Waals surface area contributed by atoms with Gasteiger partial charge in [0.25, 0.3) is 5.91 Å². The smallest absolute Gasteiger partial charge is 0.355 e. The van der Waals surface area contributed by atoms with E-state index < -0.39 is 18.5 Å². The van der Waals surface area contributed by atoms with Crippen molar-refractivity contribution in [1.82, 2.24) is 4.57 Å². The van der Waals surface area contributed by atoms with Gasteiger partial charge in [0.05, 0.1) is 0 Å². The molecule has 6 nitrogen and oxygen atoms in total. The van der Waals surface area contributed by atoms with E-state index in [2.05, 4.69) is 5.32 Å². The highest BCUT2D eigenvalue weighted by Crippen LogP contribution is 2.21. The van der Waals surface area contributed by atoms with Crippen molar-refractivity contribution < 1.29 is 19.1 Å². The lowest BCUT2D eigenvalue weighted by atomic mass is 10.1. The van der Waals surface area contributed by atoms with Gasteiger partial charge in [0.2, 0.25) is 0 Å². The third kappa shape index (κ3) is 4.35. The van der Waals surface area contributed by atoms with Gasteiger partial charge in [0.1, 0.15) is 5.69 Å². The number of hydrogen-bond donors (Lipinski definition) is 1. The molecule has 1 heterocycles. The highest BCUT2D eigenvalue weighted by molar-refractivity contribution is 5.99. The maximum absolute atomic E-state index is 12.1. The number of benzene rings is 1. The van der Waals surface area contributed by atoms with Gasteiger partial charge >= 0.3 is 5.97 Å². The molecule has 0 radical (unpaired) electrons. The Labute approximate surface area is 146 Å². The molecule has 1 amide bonds. The van der Waals surface area contributed by atoms with Crippen molar-refractivity contribution >= 4 is 23.3 Å². The molecule has 25 heavy (non-hydrogen) atoms. The maximum atomic E-state index is 12.1. The van der Waals surface area contributed by atoms with Gasteiger partial charge in [-0.15, -0.1) is 0 Å². The molecule has 0 aliphatic carbocycles. The summed E-state index contributed by atoms with van der Waals surface area (Å²) in [6, 6.07) is 7.25. The van der Waals surface area contributed by atoms with E-state index in [9.17, 15) is 14.4 Å². The largest absolute Gasteiger partial charge is 0.451 e. The first kappa shape index (κ1) is 18.4. The van der Waals surface area contributed by atoms with Crippen molar-refractivity contribution in [2.45, 2.75) is 27.2 Å². The van der Waals surface area contributed by atoms with Crippen LogP contribution in [-0.4, -0.2) is 28.8 Å². The molecule has 2 aromatic rings. The van der Waals surface area contributed by atoms with Gasteiger partial charge in [0.15, 0.2) is 12.4 Å². The Hall–Kier alpha value is -2.89. The summed E-state index contributed by atoms with van der Waals surface area (Å²) in [4.78, 5) is 35.6. The van der Waals surface area contributed by atoms with Crippen molar-refractivity contribution in [1.29, 1.82) is 0 Å². The van der Waals surface area contributed by atoms with Crippen LogP contribution in [0.5, 0.6) is 0 Å². The zero-order chi connectivity index (χ0) is 18.6.